The van der Waals surface area contributed by atoms with E-state index >= 15 is 0 Å². The monoisotopic (exact) mass is 937 g/mol. The predicted octanol–water partition coefficient (Wildman–Crippen LogP) is 4.62. The number of benzene rings is 1. The van der Waals surface area contributed by atoms with Crippen molar-refractivity contribution in [3.63, 3.8) is 0 Å². The molecule has 368 valence electrons. The first-order valence-corrected chi connectivity index (χ1v) is 23.7. The van der Waals surface area contributed by atoms with Crippen LogP contribution in [-0.2, 0) is 51.0 Å². The molecule has 3 saturated heterocycles. The number of methoxy groups -OCH3 is 2. The van der Waals surface area contributed by atoms with Crippen LogP contribution in [0.5, 0.6) is 0 Å². The van der Waals surface area contributed by atoms with E-state index in [-0.39, 0.29) is 31.1 Å². The molecule has 0 amide bonds. The number of cyclic esters (lactones) is 1. The van der Waals surface area contributed by atoms with E-state index < -0.39 is 107 Å². The third-order valence-corrected chi connectivity index (χ3v) is 15.3. The van der Waals surface area contributed by atoms with Gasteiger partial charge in [0.1, 0.15) is 29.7 Å². The van der Waals surface area contributed by atoms with Gasteiger partial charge < -0.3 is 53.7 Å². The van der Waals surface area contributed by atoms with Crippen molar-refractivity contribution in [2.75, 3.05) is 27.8 Å². The fourth-order valence-electron chi connectivity index (χ4n) is 10.8. The molecule has 0 saturated carbocycles. The minimum Gasteiger partial charge on any atom is -0.459 e. The lowest BCUT2D eigenvalue weighted by Crippen LogP contribution is -2.62. The number of likely N-dealkylation sites (N-methyl/N-ethyl adjacent to an activating group) is 1. The summed E-state index contributed by atoms with van der Waals surface area (Å²) in [6.45, 7) is 18.5. The van der Waals surface area contributed by atoms with Gasteiger partial charge >= 0.3 is 5.97 Å². The molecule has 0 radical (unpaired) electrons. The average molecular weight is 938 g/mol. The van der Waals surface area contributed by atoms with Crippen LogP contribution in [0.4, 0.5) is 0 Å². The summed E-state index contributed by atoms with van der Waals surface area (Å²) < 4.78 is 40.4. The number of ketones is 1. The van der Waals surface area contributed by atoms with Crippen LogP contribution in [0.25, 0.3) is 0 Å². The van der Waals surface area contributed by atoms with E-state index in [1.807, 2.05) is 65.2 Å². The highest BCUT2D eigenvalue weighted by molar-refractivity contribution is 6.30. The molecular formula is C48H77ClN4O12. The zero-order valence-corrected chi connectivity index (χ0v) is 41.5. The molecule has 2 aromatic rings. The quantitative estimate of drug-likeness (QED) is 0.215. The van der Waals surface area contributed by atoms with Gasteiger partial charge in [-0.1, -0.05) is 63.6 Å². The Morgan fingerprint density at radius 2 is 1.57 bits per heavy atom. The number of carbonyl (C=O) groups excluding carboxylic acids is 2. The van der Waals surface area contributed by atoms with Gasteiger partial charge in [0.25, 0.3) is 0 Å². The maximum Gasteiger partial charge on any atom is 0.309 e. The summed E-state index contributed by atoms with van der Waals surface area (Å²) in [5, 5.41) is 56.3. The third-order valence-electron chi connectivity index (χ3n) is 15.1. The lowest BCUT2D eigenvalue weighted by Gasteiger charge is -2.52. The Labute approximate surface area is 390 Å². The molecule has 0 spiro atoms. The number of nitrogens with zero attached hydrogens (tertiary/aromatic N) is 4. The number of rotatable bonds is 12. The van der Waals surface area contributed by atoms with Crippen molar-refractivity contribution in [1.82, 2.24) is 19.9 Å². The highest BCUT2D eigenvalue weighted by Crippen LogP contribution is 2.46. The van der Waals surface area contributed by atoms with Crippen LogP contribution in [0.2, 0.25) is 5.02 Å². The Balaban J connectivity index is 1.50. The van der Waals surface area contributed by atoms with E-state index in [0.717, 1.165) is 11.3 Å². The molecule has 1 unspecified atom stereocenters. The van der Waals surface area contributed by atoms with Crippen molar-refractivity contribution in [3.8, 4) is 0 Å². The molecule has 5 rings (SSSR count). The molecule has 3 aliphatic rings. The summed E-state index contributed by atoms with van der Waals surface area (Å²) in [4.78, 5) is 30.9. The number of ether oxygens (including phenoxy) is 6. The fourth-order valence-corrected chi connectivity index (χ4v) is 10.9. The van der Waals surface area contributed by atoms with Crippen LogP contribution < -0.4 is 0 Å². The Bertz CT molecular complexity index is 1870. The number of hydrogen-bond acceptors (Lipinski definition) is 15. The smallest absolute Gasteiger partial charge is 0.309 e. The number of halogens is 1. The van der Waals surface area contributed by atoms with Crippen molar-refractivity contribution in [3.05, 3.63) is 46.7 Å². The van der Waals surface area contributed by atoms with Crippen LogP contribution >= 0.6 is 11.6 Å². The van der Waals surface area contributed by atoms with E-state index in [2.05, 4.69) is 15.2 Å². The molecule has 0 aliphatic carbocycles. The molecule has 16 nitrogen and oxygen atoms in total. The van der Waals surface area contributed by atoms with E-state index in [9.17, 15) is 30.0 Å². The van der Waals surface area contributed by atoms with Gasteiger partial charge in [-0.25, -0.2) is 4.68 Å². The second-order valence-electron chi connectivity index (χ2n) is 20.0. The van der Waals surface area contributed by atoms with Crippen LogP contribution in [0.15, 0.2) is 30.5 Å². The summed E-state index contributed by atoms with van der Waals surface area (Å²) in [5.41, 5.74) is -2.45. The molecule has 1 aromatic carbocycles. The molecule has 65 heavy (non-hydrogen) atoms. The van der Waals surface area contributed by atoms with Gasteiger partial charge in [-0.3, -0.25) is 9.59 Å². The van der Waals surface area contributed by atoms with E-state index in [1.165, 1.54) is 21.1 Å². The topological polar surface area (TPSA) is 204 Å². The largest absolute Gasteiger partial charge is 0.459 e. The summed E-state index contributed by atoms with van der Waals surface area (Å²) >= 11 is 6.07. The number of aliphatic hydroxyl groups is 4. The van der Waals surface area contributed by atoms with Crippen LogP contribution in [0.1, 0.15) is 106 Å². The normalized spacial score (nSPS) is 41.6. The molecule has 3 aliphatic heterocycles. The number of esters is 1. The van der Waals surface area contributed by atoms with Crippen molar-refractivity contribution >= 4 is 23.4 Å². The Morgan fingerprint density at radius 1 is 0.923 bits per heavy atom. The summed E-state index contributed by atoms with van der Waals surface area (Å²) in [6.07, 6.45) is -5.26. The first-order valence-electron chi connectivity index (χ1n) is 23.3. The Morgan fingerprint density at radius 3 is 2.18 bits per heavy atom. The molecule has 17 heteroatoms. The maximum absolute atomic E-state index is 14.5. The highest BCUT2D eigenvalue weighted by atomic mass is 35.5. The van der Waals surface area contributed by atoms with Gasteiger partial charge in [0.15, 0.2) is 6.29 Å². The lowest BCUT2D eigenvalue weighted by atomic mass is 9.67. The van der Waals surface area contributed by atoms with Crippen LogP contribution in [-0.4, -0.2) is 158 Å². The number of aromatic nitrogens is 3. The van der Waals surface area contributed by atoms with Gasteiger partial charge in [0.2, 0.25) is 0 Å². The van der Waals surface area contributed by atoms with E-state index in [4.69, 9.17) is 40.0 Å². The molecule has 4 heterocycles. The van der Waals surface area contributed by atoms with Crippen LogP contribution in [0.3, 0.4) is 0 Å². The molecular weight excluding hydrogens is 860 g/mol. The van der Waals surface area contributed by atoms with Gasteiger partial charge in [-0.15, -0.1) is 5.10 Å². The van der Waals surface area contributed by atoms with E-state index in [0.29, 0.717) is 31.0 Å². The SMILES string of the molecule is CC[C@H]1OC(=O)[C@H](C)[C@@H](C2C[C@@](C)(OC)[C@@H](O)[C@H](C)O2)[C@H](C)[C@@H](O[C@@H]2O[C@H](C)C[C@H](N(C)CCc3cn(Cc4ccc(Cl)cc4)nn3)[C@H]2O)[C@](C)(OC)C[C@@H](C)C(=O)[C@H](C)[C@@H](O)[C@]1(C)O. The van der Waals surface area contributed by atoms with Gasteiger partial charge in [-0.2, -0.15) is 0 Å². The Hall–Kier alpha value is -2.61. The average Bonchev–Trinajstić information content (AvgIpc) is 3.72. The Kier molecular flexibility index (Phi) is 17.9. The van der Waals surface area contributed by atoms with Gasteiger partial charge in [-0.05, 0) is 84.5 Å². The zero-order chi connectivity index (χ0) is 48.3. The second kappa shape index (κ2) is 21.8. The third kappa shape index (κ3) is 11.8. The number of hydrogen-bond donors (Lipinski definition) is 4. The molecule has 4 N–H and O–H groups in total. The fraction of sp³-hybridized carbons (Fsp3) is 0.792. The van der Waals surface area contributed by atoms with Gasteiger partial charge in [0, 0.05) is 68.6 Å². The molecule has 1 aromatic heterocycles. The summed E-state index contributed by atoms with van der Waals surface area (Å²) in [5.74, 6) is -4.98. The van der Waals surface area contributed by atoms with Crippen molar-refractivity contribution < 1.29 is 58.4 Å². The molecule has 3 fully saturated rings. The standard InChI is InChI=1S/C48H77ClN4O12/c1-14-37-48(10,59)41(56)30(6)39(54)26(2)22-47(9,61-13)43(28(4)38(29(5)44(58)64-37)36-23-46(8,60-12)42(57)31(7)63-36)65-45-40(55)35(21-27(3)62-45)52(11)20-19-34-25-53(51-50-34)24-32-15-17-33(49)18-16-32/h15-18,25-31,35-38,40-43,45,55-57,59H,14,19-24H2,1-13H3/t26-,27-,28+,29-,30+,31+,35+,36?,37-,38+,40-,41-,42+,43-,45+,46-,47-,48-/m1/s1. The zero-order valence-electron chi connectivity index (χ0n) is 40.7. The minimum absolute atomic E-state index is 0.107. The number of carbonyl (C=O) groups is 2. The van der Waals surface area contributed by atoms with Crippen LogP contribution in [0, 0.1) is 29.6 Å². The highest BCUT2D eigenvalue weighted by Gasteiger charge is 2.56. The van der Waals surface area contributed by atoms with Gasteiger partial charge in [0.05, 0.1) is 59.9 Å². The molecule has 0 bridgehead atoms. The summed E-state index contributed by atoms with van der Waals surface area (Å²) in [7, 11) is 5.01. The van der Waals surface area contributed by atoms with Crippen molar-refractivity contribution in [1.29, 1.82) is 0 Å². The minimum atomic E-state index is -1.97. The van der Waals surface area contributed by atoms with E-state index in [1.54, 1.807) is 39.3 Å². The maximum atomic E-state index is 14.5. The lowest BCUT2D eigenvalue weighted by molar-refractivity contribution is -0.305. The number of Topliss-reactive ketones (excluding diaryl/α,β-unsaturated/α-hetero) is 1. The first kappa shape index (κ1) is 53.3. The molecule has 18 atom stereocenters. The first-order chi connectivity index (χ1) is 30.4. The van der Waals surface area contributed by atoms with Crippen molar-refractivity contribution in [2.45, 2.75) is 186 Å². The van der Waals surface area contributed by atoms with Crippen molar-refractivity contribution in [2.24, 2.45) is 29.6 Å². The predicted molar refractivity (Wildman–Crippen MR) is 243 cm³/mol. The second-order valence-corrected chi connectivity index (χ2v) is 20.5. The number of aliphatic hydroxyl groups excluding tert-OH is 3. The summed E-state index contributed by atoms with van der Waals surface area (Å²) in [6, 6.07) is 7.19.